The van der Waals surface area contributed by atoms with Crippen LogP contribution in [0.5, 0.6) is 0 Å². The van der Waals surface area contributed by atoms with Gasteiger partial charge in [-0.25, -0.2) is 0 Å². The Morgan fingerprint density at radius 1 is 1.50 bits per heavy atom. The molecule has 18 heavy (non-hydrogen) atoms. The van der Waals surface area contributed by atoms with Crippen molar-refractivity contribution >= 4 is 11.4 Å². The highest BCUT2D eigenvalue weighted by Gasteiger charge is 2.25. The molecule has 0 fully saturated rings. The number of rotatable bonds is 6. The first kappa shape index (κ1) is 14.4. The van der Waals surface area contributed by atoms with E-state index >= 15 is 0 Å². The summed E-state index contributed by atoms with van der Waals surface area (Å²) >= 11 is 0. The van der Waals surface area contributed by atoms with E-state index in [1.807, 2.05) is 13.8 Å². The molecule has 0 aliphatic rings. The van der Waals surface area contributed by atoms with Gasteiger partial charge in [0.05, 0.1) is 11.5 Å². The summed E-state index contributed by atoms with van der Waals surface area (Å²) in [4.78, 5) is 12.0. The lowest BCUT2D eigenvalue weighted by atomic mass is 10.2. The molecule has 1 aromatic rings. The number of nitrogens with zero attached hydrogens (tertiary/aromatic N) is 2. The van der Waals surface area contributed by atoms with Crippen LogP contribution in [0.2, 0.25) is 0 Å². The van der Waals surface area contributed by atoms with Crippen molar-refractivity contribution in [1.29, 1.82) is 0 Å². The van der Waals surface area contributed by atoms with Crippen LogP contribution in [0.25, 0.3) is 0 Å². The first-order valence-corrected chi connectivity index (χ1v) is 5.67. The maximum Gasteiger partial charge on any atom is 0.327 e. The van der Waals surface area contributed by atoms with E-state index in [9.17, 15) is 14.5 Å². The van der Waals surface area contributed by atoms with Crippen LogP contribution in [0.15, 0.2) is 18.2 Å². The van der Waals surface area contributed by atoms with Crippen LogP contribution in [0.3, 0.4) is 0 Å². The van der Waals surface area contributed by atoms with Crippen LogP contribution < -0.4 is 4.90 Å². The summed E-state index contributed by atoms with van der Waals surface area (Å²) in [7, 11) is 1.55. The molecule has 1 rings (SSSR count). The predicted molar refractivity (Wildman–Crippen MR) is 67.4 cm³/mol. The number of halogens is 1. The Hall–Kier alpha value is -1.69. The number of anilines is 1. The first-order valence-electron chi connectivity index (χ1n) is 5.67. The Morgan fingerprint density at radius 3 is 2.67 bits per heavy atom. The first-order chi connectivity index (χ1) is 8.49. The molecule has 0 aliphatic carbocycles. The van der Waals surface area contributed by atoms with Crippen LogP contribution in [-0.2, 0) is 4.74 Å². The van der Waals surface area contributed by atoms with Crippen molar-refractivity contribution < 1.29 is 14.1 Å². The van der Waals surface area contributed by atoms with Crippen molar-refractivity contribution in [1.82, 2.24) is 0 Å². The Labute approximate surface area is 105 Å². The zero-order valence-corrected chi connectivity index (χ0v) is 10.7. The third-order valence-corrected chi connectivity index (χ3v) is 2.62. The lowest BCUT2D eigenvalue weighted by molar-refractivity contribution is -0.386. The van der Waals surface area contributed by atoms with Gasteiger partial charge in [-0.2, -0.15) is 4.39 Å². The highest BCUT2D eigenvalue weighted by molar-refractivity contribution is 5.64. The number of hydrogen-bond donors (Lipinski definition) is 0. The Kier molecular flexibility index (Phi) is 5.03. The minimum atomic E-state index is -0.819. The molecule has 0 radical (unpaired) electrons. The molecule has 0 heterocycles. The summed E-state index contributed by atoms with van der Waals surface area (Å²) in [5.74, 6) is -0.819. The predicted octanol–water partition coefficient (Wildman–Crippen LogP) is 2.60. The molecule has 0 bridgehead atoms. The molecule has 0 atom stereocenters. The van der Waals surface area contributed by atoms with Gasteiger partial charge in [0.2, 0.25) is 5.82 Å². The van der Waals surface area contributed by atoms with Gasteiger partial charge in [0.25, 0.3) is 0 Å². The second kappa shape index (κ2) is 6.30. The molecule has 0 spiro atoms. The molecule has 0 unspecified atom stereocenters. The van der Waals surface area contributed by atoms with Crippen LogP contribution in [-0.4, -0.2) is 31.2 Å². The summed E-state index contributed by atoms with van der Waals surface area (Å²) in [6, 6.07) is 4.13. The maximum atomic E-state index is 13.5. The average Bonchev–Trinajstić information content (AvgIpc) is 2.28. The molecular formula is C12H17FN2O3. The van der Waals surface area contributed by atoms with Crippen molar-refractivity contribution in [2.75, 3.05) is 25.2 Å². The molecule has 1 aromatic carbocycles. The monoisotopic (exact) mass is 256 g/mol. The Bertz CT molecular complexity index is 424. The number of nitro benzene ring substituents is 1. The van der Waals surface area contributed by atoms with E-state index < -0.39 is 16.4 Å². The van der Waals surface area contributed by atoms with E-state index in [0.717, 1.165) is 6.07 Å². The molecule has 0 saturated heterocycles. The number of nitro groups is 1. The molecule has 0 aromatic heterocycles. The summed E-state index contributed by atoms with van der Waals surface area (Å²) in [5, 5.41) is 11.0. The smallest absolute Gasteiger partial charge is 0.327 e. The fourth-order valence-corrected chi connectivity index (χ4v) is 1.76. The fraction of sp³-hybridized carbons (Fsp3) is 0.500. The number of ether oxygens (including phenoxy) is 1. The molecular weight excluding hydrogens is 239 g/mol. The molecule has 6 heteroatoms. The van der Waals surface area contributed by atoms with Gasteiger partial charge in [-0.15, -0.1) is 0 Å². The van der Waals surface area contributed by atoms with E-state index in [1.165, 1.54) is 6.07 Å². The van der Waals surface area contributed by atoms with Crippen molar-refractivity contribution in [3.05, 3.63) is 34.1 Å². The van der Waals surface area contributed by atoms with Crippen LogP contribution in [0, 0.1) is 15.9 Å². The lowest BCUT2D eigenvalue weighted by Gasteiger charge is -2.28. The van der Waals surface area contributed by atoms with Crippen molar-refractivity contribution in [2.24, 2.45) is 0 Å². The van der Waals surface area contributed by atoms with Gasteiger partial charge >= 0.3 is 5.69 Å². The minimum Gasteiger partial charge on any atom is -0.383 e. The summed E-state index contributed by atoms with van der Waals surface area (Å²) in [6.07, 6.45) is 0. The number of para-hydroxylation sites is 1. The summed E-state index contributed by atoms with van der Waals surface area (Å²) < 4.78 is 18.5. The van der Waals surface area contributed by atoms with Gasteiger partial charge in [0.1, 0.15) is 5.69 Å². The summed E-state index contributed by atoms with van der Waals surface area (Å²) in [6.45, 7) is 4.68. The fourth-order valence-electron chi connectivity index (χ4n) is 1.76. The van der Waals surface area contributed by atoms with E-state index in [0.29, 0.717) is 13.2 Å². The van der Waals surface area contributed by atoms with Crippen molar-refractivity contribution in [3.8, 4) is 0 Å². The number of hydrogen-bond acceptors (Lipinski definition) is 4. The molecule has 0 amide bonds. The number of benzene rings is 1. The summed E-state index contributed by atoms with van der Waals surface area (Å²) in [5.41, 5.74) is -0.200. The average molecular weight is 256 g/mol. The van der Waals surface area contributed by atoms with Crippen LogP contribution in [0.4, 0.5) is 15.8 Å². The minimum absolute atomic E-state index is 0.0145. The van der Waals surface area contributed by atoms with Gasteiger partial charge in [0, 0.05) is 19.7 Å². The topological polar surface area (TPSA) is 55.6 Å². The third-order valence-electron chi connectivity index (χ3n) is 2.62. The van der Waals surface area contributed by atoms with E-state index in [1.54, 1.807) is 18.1 Å². The van der Waals surface area contributed by atoms with Gasteiger partial charge in [-0.1, -0.05) is 6.07 Å². The standard InChI is InChI=1S/C12H17FN2O3/c1-9(2)14(7-8-18-3)11-6-4-5-10(13)12(11)15(16)17/h4-6,9H,7-8H2,1-3H3. The van der Waals surface area contributed by atoms with E-state index in [2.05, 4.69) is 0 Å². The normalized spacial score (nSPS) is 10.7. The Morgan fingerprint density at radius 2 is 2.17 bits per heavy atom. The third kappa shape index (κ3) is 3.16. The molecule has 5 nitrogen and oxygen atoms in total. The zero-order valence-electron chi connectivity index (χ0n) is 10.7. The molecule has 0 aliphatic heterocycles. The highest BCUT2D eigenvalue weighted by atomic mass is 19.1. The molecule has 0 saturated carbocycles. The van der Waals surface area contributed by atoms with Crippen molar-refractivity contribution in [2.45, 2.75) is 19.9 Å². The van der Waals surface area contributed by atoms with Gasteiger partial charge in [-0.05, 0) is 26.0 Å². The van der Waals surface area contributed by atoms with E-state index in [-0.39, 0.29) is 11.7 Å². The van der Waals surface area contributed by atoms with Gasteiger partial charge in [0.15, 0.2) is 0 Å². The van der Waals surface area contributed by atoms with Crippen LogP contribution in [0.1, 0.15) is 13.8 Å². The second-order valence-electron chi connectivity index (χ2n) is 4.14. The number of methoxy groups -OCH3 is 1. The molecule has 0 N–H and O–H groups in total. The van der Waals surface area contributed by atoms with E-state index in [4.69, 9.17) is 4.74 Å². The maximum absolute atomic E-state index is 13.5. The quantitative estimate of drug-likeness (QED) is 0.580. The van der Waals surface area contributed by atoms with Gasteiger partial charge < -0.3 is 9.64 Å². The zero-order chi connectivity index (χ0) is 13.7. The highest BCUT2D eigenvalue weighted by Crippen LogP contribution is 2.31. The lowest BCUT2D eigenvalue weighted by Crippen LogP contribution is -2.34. The molecule has 100 valence electrons. The van der Waals surface area contributed by atoms with Crippen LogP contribution >= 0.6 is 0 Å². The Balaban J connectivity index is 3.19. The largest absolute Gasteiger partial charge is 0.383 e. The van der Waals surface area contributed by atoms with Crippen molar-refractivity contribution in [3.63, 3.8) is 0 Å². The SMILES string of the molecule is COCCN(c1cccc(F)c1[N+](=O)[O-])C(C)C. The second-order valence-corrected chi connectivity index (χ2v) is 4.14. The van der Waals surface area contributed by atoms with Gasteiger partial charge in [-0.3, -0.25) is 10.1 Å².